The summed E-state index contributed by atoms with van der Waals surface area (Å²) in [6.45, 7) is 0.993. The Kier molecular flexibility index (Phi) is 4.01. The van der Waals surface area contributed by atoms with Gasteiger partial charge in [0.25, 0.3) is 5.91 Å². The Balaban J connectivity index is 2.06. The van der Waals surface area contributed by atoms with Gasteiger partial charge < -0.3 is 20.2 Å². The Morgan fingerprint density at radius 2 is 2.16 bits per heavy atom. The van der Waals surface area contributed by atoms with Crippen LogP contribution in [0.5, 0.6) is 0 Å². The van der Waals surface area contributed by atoms with E-state index in [4.69, 9.17) is 5.11 Å². The molecule has 0 aliphatic carbocycles. The number of aliphatic hydroxyl groups excluding tert-OH is 1. The van der Waals surface area contributed by atoms with Gasteiger partial charge in [0, 0.05) is 13.1 Å². The summed E-state index contributed by atoms with van der Waals surface area (Å²) >= 11 is 0. The summed E-state index contributed by atoms with van der Waals surface area (Å²) in [5, 5.41) is 11.6. The van der Waals surface area contributed by atoms with Crippen LogP contribution in [0.4, 0.5) is 4.79 Å². The second kappa shape index (κ2) is 5.54. The molecule has 0 radical (unpaired) electrons. The molecule has 2 aliphatic heterocycles. The Hall–Kier alpha value is -1.67. The van der Waals surface area contributed by atoms with Gasteiger partial charge in [-0.25, -0.2) is 4.79 Å². The number of likely N-dealkylation sites (N-methyl/N-ethyl adjacent to an activating group) is 1. The number of aliphatic hydroxyl groups is 1. The van der Waals surface area contributed by atoms with Crippen LogP contribution in [0.2, 0.25) is 0 Å². The number of carbonyl (C=O) groups is 3. The van der Waals surface area contributed by atoms with E-state index < -0.39 is 6.04 Å². The zero-order chi connectivity index (χ0) is 14.0. The van der Waals surface area contributed by atoms with Crippen LogP contribution in [0, 0.1) is 0 Å². The van der Waals surface area contributed by atoms with Gasteiger partial charge in [-0.1, -0.05) is 0 Å². The predicted octanol–water partition coefficient (Wildman–Crippen LogP) is -2.33. The average molecular weight is 270 g/mol. The van der Waals surface area contributed by atoms with Gasteiger partial charge in [0.05, 0.1) is 26.2 Å². The molecule has 2 rings (SSSR count). The summed E-state index contributed by atoms with van der Waals surface area (Å²) in [6, 6.07) is -0.974. The first-order chi connectivity index (χ1) is 9.10. The molecule has 0 unspecified atom stereocenters. The number of rotatable bonds is 4. The monoisotopic (exact) mass is 270 g/mol. The third-order valence-corrected chi connectivity index (χ3v) is 3.41. The van der Waals surface area contributed by atoms with Crippen molar-refractivity contribution in [2.45, 2.75) is 6.04 Å². The molecule has 0 aromatic heterocycles. The van der Waals surface area contributed by atoms with Crippen molar-refractivity contribution in [2.75, 3.05) is 46.4 Å². The Morgan fingerprint density at radius 3 is 2.79 bits per heavy atom. The van der Waals surface area contributed by atoms with E-state index in [-0.39, 0.29) is 44.1 Å². The number of β-amino-alcohol motifs (C(OH)–C–C–N with tert-alkyl or cyclic N) is 1. The van der Waals surface area contributed by atoms with Crippen LogP contribution < -0.4 is 5.32 Å². The lowest BCUT2D eigenvalue weighted by atomic mass is 10.2. The number of hydrogen-bond acceptors (Lipinski definition) is 5. The minimum atomic E-state index is -0.603. The average Bonchev–Trinajstić information content (AvgIpc) is 2.64. The first-order valence-electron chi connectivity index (χ1n) is 6.25. The first-order valence-corrected chi connectivity index (χ1v) is 6.25. The lowest BCUT2D eigenvalue weighted by molar-refractivity contribution is -0.135. The minimum absolute atomic E-state index is 0.00906. The van der Waals surface area contributed by atoms with Gasteiger partial charge in [0.2, 0.25) is 5.91 Å². The van der Waals surface area contributed by atoms with E-state index >= 15 is 0 Å². The number of fused-ring (bicyclic) bond motifs is 1. The van der Waals surface area contributed by atoms with Gasteiger partial charge in [-0.05, 0) is 7.05 Å². The molecule has 4 amide bonds. The molecule has 2 aliphatic rings. The van der Waals surface area contributed by atoms with Crippen LogP contribution in [-0.4, -0.2) is 90.1 Å². The Labute approximate surface area is 110 Å². The second-order valence-corrected chi connectivity index (χ2v) is 4.58. The highest BCUT2D eigenvalue weighted by atomic mass is 16.3. The smallest absolute Gasteiger partial charge is 0.327 e. The zero-order valence-electron chi connectivity index (χ0n) is 10.8. The molecule has 2 saturated heterocycles. The number of piperazine rings is 1. The van der Waals surface area contributed by atoms with Crippen molar-refractivity contribution in [3.8, 4) is 0 Å². The fourth-order valence-electron chi connectivity index (χ4n) is 2.45. The molecule has 0 aromatic rings. The Morgan fingerprint density at radius 1 is 1.42 bits per heavy atom. The maximum atomic E-state index is 12.1. The highest BCUT2D eigenvalue weighted by molar-refractivity contribution is 6.04. The molecule has 8 heteroatoms. The van der Waals surface area contributed by atoms with Crippen LogP contribution in [0.25, 0.3) is 0 Å². The zero-order valence-corrected chi connectivity index (χ0v) is 10.8. The van der Waals surface area contributed by atoms with Crippen molar-refractivity contribution in [3.05, 3.63) is 0 Å². The quantitative estimate of drug-likeness (QED) is 0.559. The minimum Gasteiger partial charge on any atom is -0.395 e. The third kappa shape index (κ3) is 2.41. The summed E-state index contributed by atoms with van der Waals surface area (Å²) in [6.07, 6.45) is 0. The molecular formula is C11H18N4O4. The molecular weight excluding hydrogens is 252 g/mol. The van der Waals surface area contributed by atoms with E-state index in [1.807, 2.05) is 0 Å². The molecule has 2 N–H and O–H groups in total. The molecule has 0 saturated carbocycles. The van der Waals surface area contributed by atoms with Crippen molar-refractivity contribution < 1.29 is 19.5 Å². The highest BCUT2D eigenvalue weighted by Gasteiger charge is 2.47. The van der Waals surface area contributed by atoms with Crippen LogP contribution in [0.15, 0.2) is 0 Å². The summed E-state index contributed by atoms with van der Waals surface area (Å²) in [7, 11) is 1.68. The topological polar surface area (TPSA) is 93.2 Å². The van der Waals surface area contributed by atoms with Crippen LogP contribution in [0.3, 0.4) is 0 Å². The lowest BCUT2D eigenvalue weighted by Gasteiger charge is -2.35. The third-order valence-electron chi connectivity index (χ3n) is 3.41. The molecule has 0 spiro atoms. The lowest BCUT2D eigenvalue weighted by Crippen LogP contribution is -2.55. The van der Waals surface area contributed by atoms with E-state index in [2.05, 4.69) is 5.32 Å². The number of urea groups is 1. The standard InChI is InChI=1S/C11H18N4O4/c1-12-6-9(17)13-2-3-14-8(7-13)10(18)15(4-5-16)11(14)19/h8,12,16H,2-7H2,1H3/t8-/m1/s1. The molecule has 2 fully saturated rings. The van der Waals surface area contributed by atoms with Gasteiger partial charge in [-0.15, -0.1) is 0 Å². The van der Waals surface area contributed by atoms with E-state index in [1.54, 1.807) is 11.9 Å². The molecule has 8 nitrogen and oxygen atoms in total. The van der Waals surface area contributed by atoms with E-state index in [0.717, 1.165) is 4.90 Å². The fraction of sp³-hybridized carbons (Fsp3) is 0.727. The number of imide groups is 1. The molecule has 19 heavy (non-hydrogen) atoms. The van der Waals surface area contributed by atoms with Gasteiger partial charge in [0.1, 0.15) is 6.04 Å². The summed E-state index contributed by atoms with van der Waals surface area (Å²) in [5.41, 5.74) is 0. The largest absolute Gasteiger partial charge is 0.395 e. The van der Waals surface area contributed by atoms with E-state index in [1.165, 1.54) is 4.90 Å². The predicted molar refractivity (Wildman–Crippen MR) is 65.2 cm³/mol. The van der Waals surface area contributed by atoms with Crippen LogP contribution in [-0.2, 0) is 9.59 Å². The molecule has 106 valence electrons. The van der Waals surface area contributed by atoms with Crippen molar-refractivity contribution in [1.82, 2.24) is 20.0 Å². The van der Waals surface area contributed by atoms with Gasteiger partial charge in [0.15, 0.2) is 0 Å². The van der Waals surface area contributed by atoms with Gasteiger partial charge in [-0.2, -0.15) is 0 Å². The number of nitrogens with zero attached hydrogens (tertiary/aromatic N) is 3. The summed E-state index contributed by atoms with van der Waals surface area (Å²) in [4.78, 5) is 39.9. The van der Waals surface area contributed by atoms with Crippen molar-refractivity contribution in [3.63, 3.8) is 0 Å². The number of amides is 4. The van der Waals surface area contributed by atoms with Gasteiger partial charge in [-0.3, -0.25) is 14.5 Å². The SMILES string of the molecule is CNCC(=O)N1CCN2C(=O)N(CCO)C(=O)[C@H]2C1. The maximum Gasteiger partial charge on any atom is 0.327 e. The number of hydrogen-bond donors (Lipinski definition) is 2. The van der Waals surface area contributed by atoms with Gasteiger partial charge >= 0.3 is 6.03 Å². The van der Waals surface area contributed by atoms with E-state index in [0.29, 0.717) is 13.1 Å². The van der Waals surface area contributed by atoms with Crippen LogP contribution in [0.1, 0.15) is 0 Å². The molecule has 1 atom stereocenters. The molecule has 2 heterocycles. The second-order valence-electron chi connectivity index (χ2n) is 4.58. The fourth-order valence-corrected chi connectivity index (χ4v) is 2.45. The Bertz CT molecular complexity index is 400. The van der Waals surface area contributed by atoms with Crippen molar-refractivity contribution in [1.29, 1.82) is 0 Å². The van der Waals surface area contributed by atoms with Crippen LogP contribution >= 0.6 is 0 Å². The first kappa shape index (κ1) is 13.8. The summed E-state index contributed by atoms with van der Waals surface area (Å²) < 4.78 is 0. The number of nitrogens with one attached hydrogen (secondary N) is 1. The normalized spacial score (nSPS) is 23.1. The van der Waals surface area contributed by atoms with E-state index in [9.17, 15) is 14.4 Å². The number of carbonyl (C=O) groups excluding carboxylic acids is 3. The highest BCUT2D eigenvalue weighted by Crippen LogP contribution is 2.21. The van der Waals surface area contributed by atoms with Crippen molar-refractivity contribution >= 4 is 17.8 Å². The van der Waals surface area contributed by atoms with Crippen molar-refractivity contribution in [2.24, 2.45) is 0 Å². The molecule has 0 bridgehead atoms. The maximum absolute atomic E-state index is 12.1. The summed E-state index contributed by atoms with van der Waals surface area (Å²) in [5.74, 6) is -0.413. The molecule has 0 aromatic carbocycles.